The van der Waals surface area contributed by atoms with Crippen molar-refractivity contribution in [2.75, 3.05) is 0 Å². The summed E-state index contributed by atoms with van der Waals surface area (Å²) in [5.74, 6) is 0.897. The summed E-state index contributed by atoms with van der Waals surface area (Å²) in [5, 5.41) is 0. The second-order valence-corrected chi connectivity index (χ2v) is 6.15. The lowest BCUT2D eigenvalue weighted by molar-refractivity contribution is 0.545. The maximum absolute atomic E-state index is 3.73. The molecule has 1 aromatic carbocycles. The van der Waals surface area contributed by atoms with Crippen molar-refractivity contribution in [2.24, 2.45) is 5.92 Å². The van der Waals surface area contributed by atoms with Crippen LogP contribution in [0.3, 0.4) is 0 Å². The lowest BCUT2D eigenvalue weighted by atomic mass is 9.92. The Morgan fingerprint density at radius 3 is 2.40 bits per heavy atom. The quantitative estimate of drug-likeness (QED) is 0.696. The molecule has 2 rings (SSSR count). The smallest absolute Gasteiger partial charge is 0.0148 e. The maximum atomic E-state index is 3.73. The van der Waals surface area contributed by atoms with E-state index in [0.717, 1.165) is 10.7 Å². The highest BCUT2D eigenvalue weighted by atomic mass is 79.9. The number of benzene rings is 1. The number of alkyl halides is 1. The SMILES string of the molecule is Cc1cccc(C)c1CC1CCC(Br)C1. The molecular weight excluding hydrogens is 248 g/mol. The normalized spacial score (nSPS) is 25.8. The first-order chi connectivity index (χ1) is 7.16. The molecule has 0 bridgehead atoms. The molecule has 1 heteroatoms. The van der Waals surface area contributed by atoms with E-state index in [2.05, 4.69) is 48.0 Å². The van der Waals surface area contributed by atoms with E-state index in [-0.39, 0.29) is 0 Å². The molecule has 0 heterocycles. The Morgan fingerprint density at radius 1 is 1.20 bits per heavy atom. The third-order valence-electron chi connectivity index (χ3n) is 3.61. The fourth-order valence-electron chi connectivity index (χ4n) is 2.66. The van der Waals surface area contributed by atoms with Gasteiger partial charge in [-0.15, -0.1) is 0 Å². The summed E-state index contributed by atoms with van der Waals surface area (Å²) < 4.78 is 0. The molecule has 0 nitrogen and oxygen atoms in total. The molecule has 0 N–H and O–H groups in total. The summed E-state index contributed by atoms with van der Waals surface area (Å²) >= 11 is 3.73. The van der Waals surface area contributed by atoms with E-state index in [1.165, 1.54) is 36.8 Å². The molecular formula is C14H19Br. The van der Waals surface area contributed by atoms with E-state index >= 15 is 0 Å². The molecule has 1 fully saturated rings. The number of hydrogen-bond donors (Lipinski definition) is 0. The minimum absolute atomic E-state index is 0.770. The second-order valence-electron chi connectivity index (χ2n) is 4.85. The van der Waals surface area contributed by atoms with Gasteiger partial charge in [0, 0.05) is 4.83 Å². The number of halogens is 1. The highest BCUT2D eigenvalue weighted by Gasteiger charge is 2.23. The van der Waals surface area contributed by atoms with Crippen LogP contribution in [0.5, 0.6) is 0 Å². The zero-order valence-electron chi connectivity index (χ0n) is 9.59. The minimum atomic E-state index is 0.770. The third-order valence-corrected chi connectivity index (χ3v) is 4.45. The minimum Gasteiger partial charge on any atom is -0.0891 e. The van der Waals surface area contributed by atoms with Crippen molar-refractivity contribution >= 4 is 15.9 Å². The van der Waals surface area contributed by atoms with Crippen molar-refractivity contribution in [3.05, 3.63) is 34.9 Å². The predicted octanol–water partition coefficient (Wildman–Crippen LogP) is 4.41. The van der Waals surface area contributed by atoms with Crippen molar-refractivity contribution in [2.45, 2.75) is 44.4 Å². The summed E-state index contributed by atoms with van der Waals surface area (Å²) in [6.07, 6.45) is 5.38. The molecule has 0 spiro atoms. The largest absolute Gasteiger partial charge is 0.0891 e. The zero-order chi connectivity index (χ0) is 10.8. The molecule has 2 atom stereocenters. The lowest BCUT2D eigenvalue weighted by Gasteiger charge is -2.14. The van der Waals surface area contributed by atoms with Gasteiger partial charge in [0.1, 0.15) is 0 Å². The van der Waals surface area contributed by atoms with E-state index in [0.29, 0.717) is 0 Å². The highest BCUT2D eigenvalue weighted by Crippen LogP contribution is 2.34. The van der Waals surface area contributed by atoms with Gasteiger partial charge in [-0.05, 0) is 62.1 Å². The van der Waals surface area contributed by atoms with Crippen molar-refractivity contribution in [3.63, 3.8) is 0 Å². The average Bonchev–Trinajstić information content (AvgIpc) is 2.58. The first-order valence-electron chi connectivity index (χ1n) is 5.86. The standard InChI is InChI=1S/C14H19Br/c1-10-4-3-5-11(2)14(10)9-12-6-7-13(15)8-12/h3-5,12-13H,6-9H2,1-2H3. The topological polar surface area (TPSA) is 0 Å². The van der Waals surface area contributed by atoms with Crippen LogP contribution in [0.15, 0.2) is 18.2 Å². The van der Waals surface area contributed by atoms with Crippen molar-refractivity contribution in [1.82, 2.24) is 0 Å². The summed E-state index contributed by atoms with van der Waals surface area (Å²) in [5.41, 5.74) is 4.52. The Labute approximate surface area is 101 Å². The molecule has 0 aromatic heterocycles. The second kappa shape index (κ2) is 4.69. The number of aryl methyl sites for hydroxylation is 2. The van der Waals surface area contributed by atoms with Crippen LogP contribution < -0.4 is 0 Å². The Hall–Kier alpha value is -0.300. The molecule has 1 saturated carbocycles. The molecule has 1 aromatic rings. The Kier molecular flexibility index (Phi) is 3.50. The van der Waals surface area contributed by atoms with E-state index in [1.807, 2.05) is 0 Å². The fourth-order valence-corrected chi connectivity index (χ4v) is 3.45. The van der Waals surface area contributed by atoms with E-state index < -0.39 is 0 Å². The Bertz CT molecular complexity index is 323. The van der Waals surface area contributed by atoms with Crippen molar-refractivity contribution in [3.8, 4) is 0 Å². The van der Waals surface area contributed by atoms with Crippen LogP contribution in [-0.4, -0.2) is 4.83 Å². The van der Waals surface area contributed by atoms with Gasteiger partial charge in [-0.25, -0.2) is 0 Å². The van der Waals surface area contributed by atoms with Crippen molar-refractivity contribution < 1.29 is 0 Å². The van der Waals surface area contributed by atoms with E-state index in [9.17, 15) is 0 Å². The van der Waals surface area contributed by atoms with Gasteiger partial charge in [0.25, 0.3) is 0 Å². The zero-order valence-corrected chi connectivity index (χ0v) is 11.2. The van der Waals surface area contributed by atoms with Gasteiger partial charge >= 0.3 is 0 Å². The molecule has 1 aliphatic rings. The summed E-state index contributed by atoms with van der Waals surface area (Å²) in [6.45, 7) is 4.48. The summed E-state index contributed by atoms with van der Waals surface area (Å²) in [6, 6.07) is 6.64. The summed E-state index contributed by atoms with van der Waals surface area (Å²) in [7, 11) is 0. The highest BCUT2D eigenvalue weighted by molar-refractivity contribution is 9.09. The van der Waals surface area contributed by atoms with Gasteiger partial charge in [-0.2, -0.15) is 0 Å². The monoisotopic (exact) mass is 266 g/mol. The summed E-state index contributed by atoms with van der Waals surface area (Å²) in [4.78, 5) is 0.770. The van der Waals surface area contributed by atoms with Gasteiger partial charge in [0.2, 0.25) is 0 Å². The molecule has 1 aliphatic carbocycles. The molecule has 0 radical (unpaired) electrons. The van der Waals surface area contributed by atoms with E-state index in [4.69, 9.17) is 0 Å². The van der Waals surface area contributed by atoms with Crippen LogP contribution in [-0.2, 0) is 6.42 Å². The third kappa shape index (κ3) is 2.63. The predicted molar refractivity (Wildman–Crippen MR) is 69.7 cm³/mol. The Balaban J connectivity index is 2.10. The molecule has 82 valence electrons. The molecule has 2 unspecified atom stereocenters. The van der Waals surface area contributed by atoms with Gasteiger partial charge < -0.3 is 0 Å². The van der Waals surface area contributed by atoms with Crippen LogP contribution in [0.4, 0.5) is 0 Å². The first kappa shape index (κ1) is 11.2. The average molecular weight is 267 g/mol. The number of rotatable bonds is 2. The molecule has 15 heavy (non-hydrogen) atoms. The Morgan fingerprint density at radius 2 is 1.87 bits per heavy atom. The van der Waals surface area contributed by atoms with Gasteiger partial charge in [-0.3, -0.25) is 0 Å². The van der Waals surface area contributed by atoms with Crippen LogP contribution in [0.1, 0.15) is 36.0 Å². The molecule has 0 saturated heterocycles. The van der Waals surface area contributed by atoms with Crippen LogP contribution >= 0.6 is 15.9 Å². The van der Waals surface area contributed by atoms with E-state index in [1.54, 1.807) is 5.56 Å². The molecule has 0 amide bonds. The van der Waals surface area contributed by atoms with Crippen LogP contribution in [0.25, 0.3) is 0 Å². The lowest BCUT2D eigenvalue weighted by Crippen LogP contribution is -2.03. The first-order valence-corrected chi connectivity index (χ1v) is 6.77. The molecule has 0 aliphatic heterocycles. The van der Waals surface area contributed by atoms with Crippen LogP contribution in [0, 0.1) is 19.8 Å². The van der Waals surface area contributed by atoms with Crippen molar-refractivity contribution in [1.29, 1.82) is 0 Å². The van der Waals surface area contributed by atoms with Gasteiger partial charge in [0.05, 0.1) is 0 Å². The van der Waals surface area contributed by atoms with Crippen LogP contribution in [0.2, 0.25) is 0 Å². The fraction of sp³-hybridized carbons (Fsp3) is 0.571. The maximum Gasteiger partial charge on any atom is 0.0148 e. The van der Waals surface area contributed by atoms with Gasteiger partial charge in [0.15, 0.2) is 0 Å². The number of hydrogen-bond acceptors (Lipinski definition) is 0. The van der Waals surface area contributed by atoms with Gasteiger partial charge in [-0.1, -0.05) is 34.1 Å².